The topological polar surface area (TPSA) is 38.7 Å². The molecule has 5 heteroatoms. The maximum Gasteiger partial charge on any atom is 0.244 e. The molecule has 1 aliphatic rings. The second-order valence-corrected chi connectivity index (χ2v) is 5.98. The maximum absolute atomic E-state index is 11.7. The zero-order chi connectivity index (χ0) is 13.0. The first-order valence-electron chi connectivity index (χ1n) is 5.52. The van der Waals surface area contributed by atoms with Crippen molar-refractivity contribution in [3.05, 3.63) is 35.5 Å². The van der Waals surface area contributed by atoms with Gasteiger partial charge in [0, 0.05) is 0 Å². The van der Waals surface area contributed by atoms with Crippen molar-refractivity contribution in [2.75, 3.05) is 12.9 Å². The Hall–Kier alpha value is -1.20. The van der Waals surface area contributed by atoms with E-state index in [1.807, 2.05) is 31.2 Å². The molecule has 0 aliphatic carbocycles. The molecule has 0 radical (unpaired) electrons. The van der Waals surface area contributed by atoms with Crippen molar-refractivity contribution in [3.8, 4) is 5.75 Å². The normalized spacial score (nSPS) is 17.1. The molecule has 0 saturated heterocycles. The molecule has 1 heterocycles. The van der Waals surface area contributed by atoms with Gasteiger partial charge in [0.2, 0.25) is 5.12 Å². The third-order valence-electron chi connectivity index (χ3n) is 2.29. The lowest BCUT2D eigenvalue weighted by Gasteiger charge is -1.99. The Morgan fingerprint density at radius 1 is 1.39 bits per heavy atom. The van der Waals surface area contributed by atoms with Crippen molar-refractivity contribution >= 4 is 39.1 Å². The van der Waals surface area contributed by atoms with Crippen LogP contribution in [0.3, 0.4) is 0 Å². The number of hydrogen-bond acceptors (Lipinski definition) is 5. The van der Waals surface area contributed by atoms with Crippen LogP contribution in [0.15, 0.2) is 35.0 Å². The van der Waals surface area contributed by atoms with Crippen LogP contribution in [0.25, 0.3) is 6.08 Å². The molecule has 1 aromatic rings. The average Bonchev–Trinajstić information content (AvgIpc) is 2.71. The van der Waals surface area contributed by atoms with E-state index in [1.54, 1.807) is 24.9 Å². The highest BCUT2D eigenvalue weighted by atomic mass is 32.2. The summed E-state index contributed by atoms with van der Waals surface area (Å²) in [5.41, 5.74) is 1.47. The smallest absolute Gasteiger partial charge is 0.244 e. The summed E-state index contributed by atoms with van der Waals surface area (Å²) in [6, 6.07) is 7.54. The van der Waals surface area contributed by atoms with Crippen LogP contribution in [0.5, 0.6) is 5.75 Å². The minimum absolute atomic E-state index is 0.0155. The summed E-state index contributed by atoms with van der Waals surface area (Å²) in [4.78, 5) is 16.0. The molecular formula is C13H13NO2S2. The lowest BCUT2D eigenvalue weighted by Crippen LogP contribution is -1.88. The highest BCUT2D eigenvalue weighted by Crippen LogP contribution is 2.30. The van der Waals surface area contributed by atoms with Gasteiger partial charge in [-0.05, 0) is 41.3 Å². The van der Waals surface area contributed by atoms with Gasteiger partial charge in [0.25, 0.3) is 0 Å². The second kappa shape index (κ2) is 6.11. The summed E-state index contributed by atoms with van der Waals surface area (Å²) in [5, 5.41) is 0.0155. The number of nitrogens with zero attached hydrogens (tertiary/aromatic N) is 1. The highest BCUT2D eigenvalue weighted by Gasteiger charge is 2.21. The number of thioether (sulfide) groups is 2. The Morgan fingerprint density at radius 3 is 2.72 bits per heavy atom. The molecule has 0 bridgehead atoms. The number of ether oxygens (including phenoxy) is 1. The third kappa shape index (κ3) is 3.17. The van der Waals surface area contributed by atoms with Crippen molar-refractivity contribution in [2.45, 2.75) is 6.92 Å². The van der Waals surface area contributed by atoms with E-state index in [4.69, 9.17) is 4.74 Å². The third-order valence-corrected chi connectivity index (χ3v) is 4.18. The van der Waals surface area contributed by atoms with Crippen LogP contribution in [0, 0.1) is 0 Å². The summed E-state index contributed by atoms with van der Waals surface area (Å²) in [6.07, 6.45) is 1.80. The molecular weight excluding hydrogens is 266 g/mol. The Labute approximate surface area is 115 Å². The lowest BCUT2D eigenvalue weighted by atomic mass is 10.2. The number of rotatable bonds is 3. The van der Waals surface area contributed by atoms with Crippen LogP contribution < -0.4 is 4.74 Å². The summed E-state index contributed by atoms with van der Waals surface area (Å²) < 4.78 is 5.92. The number of carbonyl (C=O) groups is 1. The van der Waals surface area contributed by atoms with Gasteiger partial charge < -0.3 is 4.74 Å². The molecule has 94 valence electrons. The molecule has 0 aromatic heterocycles. The predicted octanol–water partition coefficient (Wildman–Crippen LogP) is 3.42. The molecule has 18 heavy (non-hydrogen) atoms. The van der Waals surface area contributed by atoms with Crippen molar-refractivity contribution in [2.24, 2.45) is 4.99 Å². The molecule has 0 amide bonds. The van der Waals surface area contributed by atoms with Crippen LogP contribution in [0.4, 0.5) is 0 Å². The van der Waals surface area contributed by atoms with E-state index in [-0.39, 0.29) is 5.12 Å². The first kappa shape index (κ1) is 13.2. The van der Waals surface area contributed by atoms with Crippen LogP contribution >= 0.6 is 23.5 Å². The zero-order valence-corrected chi connectivity index (χ0v) is 11.8. The lowest BCUT2D eigenvalue weighted by molar-refractivity contribution is -0.107. The molecule has 0 unspecified atom stereocenters. The maximum atomic E-state index is 11.7. The van der Waals surface area contributed by atoms with Gasteiger partial charge >= 0.3 is 0 Å². The number of carbonyl (C=O) groups excluding carboxylic acids is 1. The summed E-state index contributed by atoms with van der Waals surface area (Å²) in [7, 11) is 1.63. The average molecular weight is 279 g/mol. The molecule has 1 aliphatic heterocycles. The van der Waals surface area contributed by atoms with Crippen LogP contribution in [-0.4, -0.2) is 22.4 Å². The monoisotopic (exact) mass is 279 g/mol. The summed E-state index contributed by atoms with van der Waals surface area (Å²) >= 11 is 2.80. The Morgan fingerprint density at radius 2 is 2.11 bits per heavy atom. The fraction of sp³-hybridized carbons (Fsp3) is 0.231. The van der Waals surface area contributed by atoms with E-state index in [0.717, 1.165) is 21.4 Å². The van der Waals surface area contributed by atoms with Crippen molar-refractivity contribution in [1.29, 1.82) is 0 Å². The number of hydrogen-bond donors (Lipinski definition) is 0. The van der Waals surface area contributed by atoms with E-state index < -0.39 is 0 Å². The van der Waals surface area contributed by atoms with Gasteiger partial charge in [-0.2, -0.15) is 0 Å². The van der Waals surface area contributed by atoms with E-state index in [1.165, 1.54) is 11.8 Å². The quantitative estimate of drug-likeness (QED) is 0.795. The molecule has 1 aromatic carbocycles. The molecule has 3 nitrogen and oxygen atoms in total. The number of methoxy groups -OCH3 is 1. The summed E-state index contributed by atoms with van der Waals surface area (Å²) in [5.74, 6) is 1.73. The van der Waals surface area contributed by atoms with Gasteiger partial charge in [-0.1, -0.05) is 30.8 Å². The van der Waals surface area contributed by atoms with Crippen molar-refractivity contribution in [1.82, 2.24) is 0 Å². The minimum atomic E-state index is 0.0155. The molecule has 0 saturated carbocycles. The first-order chi connectivity index (χ1) is 8.72. The van der Waals surface area contributed by atoms with Gasteiger partial charge in [-0.3, -0.25) is 4.79 Å². The largest absolute Gasteiger partial charge is 0.497 e. The Kier molecular flexibility index (Phi) is 4.49. The van der Waals surface area contributed by atoms with Gasteiger partial charge in [0.15, 0.2) is 0 Å². The van der Waals surface area contributed by atoms with Crippen LogP contribution in [0.1, 0.15) is 12.5 Å². The van der Waals surface area contributed by atoms with Crippen LogP contribution in [-0.2, 0) is 4.79 Å². The van der Waals surface area contributed by atoms with E-state index >= 15 is 0 Å². The highest BCUT2D eigenvalue weighted by molar-refractivity contribution is 8.45. The first-order valence-corrected chi connectivity index (χ1v) is 7.32. The molecule has 0 fully saturated rings. The van der Waals surface area contributed by atoms with Crippen molar-refractivity contribution < 1.29 is 9.53 Å². The van der Waals surface area contributed by atoms with Crippen LogP contribution in [0.2, 0.25) is 0 Å². The molecule has 0 N–H and O–H groups in total. The molecule has 2 rings (SSSR count). The fourth-order valence-corrected chi connectivity index (χ4v) is 3.17. The fourth-order valence-electron chi connectivity index (χ4n) is 1.43. The van der Waals surface area contributed by atoms with Crippen molar-refractivity contribution in [3.63, 3.8) is 0 Å². The Balaban J connectivity index is 2.19. The SMILES string of the molecule is CCSC1=NC(=Cc2ccc(OC)cc2)C(=O)S1. The van der Waals surface area contributed by atoms with Gasteiger partial charge in [-0.25, -0.2) is 4.99 Å². The second-order valence-electron chi connectivity index (χ2n) is 3.50. The van der Waals surface area contributed by atoms with E-state index in [0.29, 0.717) is 5.70 Å². The number of benzene rings is 1. The summed E-state index contributed by atoms with van der Waals surface area (Å²) in [6.45, 7) is 2.05. The van der Waals surface area contributed by atoms with E-state index in [9.17, 15) is 4.79 Å². The minimum Gasteiger partial charge on any atom is -0.497 e. The standard InChI is InChI=1S/C13H13NO2S2/c1-3-17-13-14-11(12(15)18-13)8-9-4-6-10(16-2)7-5-9/h4-8H,3H2,1-2H3. The van der Waals surface area contributed by atoms with Gasteiger partial charge in [0.1, 0.15) is 15.8 Å². The predicted molar refractivity (Wildman–Crippen MR) is 79.1 cm³/mol. The van der Waals surface area contributed by atoms with E-state index in [2.05, 4.69) is 4.99 Å². The van der Waals surface area contributed by atoms with Gasteiger partial charge in [0.05, 0.1) is 7.11 Å². The number of aliphatic imine (C=N–C) groups is 1. The zero-order valence-electron chi connectivity index (χ0n) is 10.2. The Bertz CT molecular complexity index is 506. The molecule has 0 spiro atoms. The van der Waals surface area contributed by atoms with Gasteiger partial charge in [-0.15, -0.1) is 0 Å². The molecule has 0 atom stereocenters.